The lowest BCUT2D eigenvalue weighted by atomic mass is 10.0. The minimum Gasteiger partial charge on any atom is -0.484 e. The predicted octanol–water partition coefficient (Wildman–Crippen LogP) is 3.82. The van der Waals surface area contributed by atoms with Crippen molar-refractivity contribution in [1.29, 1.82) is 0 Å². The highest BCUT2D eigenvalue weighted by molar-refractivity contribution is 5.92. The van der Waals surface area contributed by atoms with Crippen molar-refractivity contribution in [3.63, 3.8) is 0 Å². The molecule has 0 aliphatic heterocycles. The first-order valence-corrected chi connectivity index (χ1v) is 8.22. The number of ether oxygens (including phenoxy) is 1. The summed E-state index contributed by atoms with van der Waals surface area (Å²) in [5.41, 5.74) is 2.08. The number of fused-ring (bicyclic) bond motifs is 1. The van der Waals surface area contributed by atoms with Gasteiger partial charge in [0.15, 0.2) is 6.61 Å². The summed E-state index contributed by atoms with van der Waals surface area (Å²) in [6.07, 6.45) is 0.603. The average molecular weight is 355 g/mol. The molecule has 0 fully saturated rings. The number of benzene rings is 2. The van der Waals surface area contributed by atoms with Gasteiger partial charge in [-0.3, -0.25) is 4.79 Å². The number of hydrogen-bond acceptors (Lipinski definition) is 4. The first kappa shape index (κ1) is 17.7. The van der Waals surface area contributed by atoms with Crippen LogP contribution in [0.2, 0.25) is 0 Å². The Hall–Kier alpha value is -3.15. The normalized spacial score (nSPS) is 10.7. The van der Waals surface area contributed by atoms with E-state index in [1.54, 1.807) is 18.2 Å². The summed E-state index contributed by atoms with van der Waals surface area (Å²) < 4.78 is 23.7. The first-order valence-electron chi connectivity index (χ1n) is 8.22. The molecular formula is C20H18FNO4. The quantitative estimate of drug-likeness (QED) is 0.707. The zero-order valence-electron chi connectivity index (χ0n) is 14.5. The fourth-order valence-corrected chi connectivity index (χ4v) is 2.75. The second-order valence-corrected chi connectivity index (χ2v) is 5.85. The van der Waals surface area contributed by atoms with Gasteiger partial charge in [-0.2, -0.15) is 0 Å². The van der Waals surface area contributed by atoms with Crippen molar-refractivity contribution in [3.8, 4) is 5.75 Å². The second kappa shape index (κ2) is 7.39. The Morgan fingerprint density at radius 1 is 1.19 bits per heavy atom. The number of aryl methyl sites for hydroxylation is 1. The standard InChI is InChI=1S/C20H18FNO4/c1-3-16-12(2)17-9-8-15(10-18(17)26-20(16)24)25-11-19(23)22-14-6-4-13(21)5-7-14/h4-10H,3,11H2,1-2H3,(H,22,23). The monoisotopic (exact) mass is 355 g/mol. The molecule has 0 radical (unpaired) electrons. The van der Waals surface area contributed by atoms with Gasteiger partial charge in [-0.05, 0) is 55.3 Å². The highest BCUT2D eigenvalue weighted by Gasteiger charge is 2.11. The third-order valence-corrected chi connectivity index (χ3v) is 4.11. The van der Waals surface area contributed by atoms with Gasteiger partial charge in [0, 0.05) is 22.7 Å². The third-order valence-electron chi connectivity index (χ3n) is 4.11. The lowest BCUT2D eigenvalue weighted by Crippen LogP contribution is -2.20. The maximum atomic E-state index is 12.9. The Morgan fingerprint density at radius 3 is 2.62 bits per heavy atom. The van der Waals surface area contributed by atoms with Crippen molar-refractivity contribution in [3.05, 3.63) is 69.8 Å². The molecule has 26 heavy (non-hydrogen) atoms. The van der Waals surface area contributed by atoms with E-state index in [2.05, 4.69) is 5.32 Å². The molecule has 1 heterocycles. The maximum absolute atomic E-state index is 12.9. The summed E-state index contributed by atoms with van der Waals surface area (Å²) in [7, 11) is 0. The highest BCUT2D eigenvalue weighted by Crippen LogP contribution is 2.24. The van der Waals surface area contributed by atoms with Crippen molar-refractivity contribution in [1.82, 2.24) is 0 Å². The van der Waals surface area contributed by atoms with Crippen LogP contribution in [0.4, 0.5) is 10.1 Å². The molecule has 0 unspecified atom stereocenters. The Kier molecular flexibility index (Phi) is 5.02. The summed E-state index contributed by atoms with van der Waals surface area (Å²) in [6.45, 7) is 3.57. The smallest absolute Gasteiger partial charge is 0.339 e. The number of anilines is 1. The van der Waals surface area contributed by atoms with Crippen LogP contribution >= 0.6 is 0 Å². The fourth-order valence-electron chi connectivity index (χ4n) is 2.75. The molecule has 0 bridgehead atoms. The van der Waals surface area contributed by atoms with Crippen molar-refractivity contribution in [2.45, 2.75) is 20.3 Å². The molecule has 1 amide bonds. The van der Waals surface area contributed by atoms with E-state index in [-0.39, 0.29) is 24.0 Å². The van der Waals surface area contributed by atoms with Gasteiger partial charge >= 0.3 is 5.63 Å². The molecule has 1 aromatic heterocycles. The van der Waals surface area contributed by atoms with Gasteiger partial charge in [-0.15, -0.1) is 0 Å². The van der Waals surface area contributed by atoms with Gasteiger partial charge < -0.3 is 14.5 Å². The zero-order valence-corrected chi connectivity index (χ0v) is 14.5. The van der Waals surface area contributed by atoms with Crippen LogP contribution < -0.4 is 15.7 Å². The van der Waals surface area contributed by atoms with Crippen LogP contribution in [0.3, 0.4) is 0 Å². The summed E-state index contributed by atoms with van der Waals surface area (Å²) in [6, 6.07) is 10.6. The topological polar surface area (TPSA) is 68.5 Å². The molecular weight excluding hydrogens is 337 g/mol. The molecule has 0 atom stereocenters. The molecule has 2 aromatic carbocycles. The zero-order chi connectivity index (χ0) is 18.7. The number of amides is 1. The van der Waals surface area contributed by atoms with Crippen molar-refractivity contribution >= 4 is 22.6 Å². The lowest BCUT2D eigenvalue weighted by Gasteiger charge is -2.10. The molecule has 0 saturated carbocycles. The molecule has 0 aliphatic rings. The molecule has 6 heteroatoms. The molecule has 0 spiro atoms. The Balaban J connectivity index is 1.72. The summed E-state index contributed by atoms with van der Waals surface area (Å²) in [5.74, 6) is -0.340. The SMILES string of the molecule is CCc1c(C)c2ccc(OCC(=O)Nc3ccc(F)cc3)cc2oc1=O. The molecule has 134 valence electrons. The van der Waals surface area contributed by atoms with Crippen LogP contribution in [0.5, 0.6) is 5.75 Å². The van der Waals surface area contributed by atoms with E-state index >= 15 is 0 Å². The molecule has 0 aliphatic carbocycles. The summed E-state index contributed by atoms with van der Waals surface area (Å²) in [4.78, 5) is 23.9. The number of halogens is 1. The summed E-state index contributed by atoms with van der Waals surface area (Å²) in [5, 5.41) is 3.44. The molecule has 3 aromatic rings. The minimum atomic E-state index is -0.379. The van der Waals surface area contributed by atoms with Gasteiger partial charge in [0.2, 0.25) is 0 Å². The van der Waals surface area contributed by atoms with Crippen LogP contribution in [0.25, 0.3) is 11.0 Å². The van der Waals surface area contributed by atoms with Crippen LogP contribution in [-0.4, -0.2) is 12.5 Å². The predicted molar refractivity (Wildman–Crippen MR) is 97.1 cm³/mol. The third kappa shape index (κ3) is 3.74. The van der Waals surface area contributed by atoms with Crippen LogP contribution in [0.15, 0.2) is 51.7 Å². The number of carbonyl (C=O) groups excluding carboxylic acids is 1. The molecule has 5 nitrogen and oxygen atoms in total. The summed E-state index contributed by atoms with van der Waals surface area (Å²) >= 11 is 0. The van der Waals surface area contributed by atoms with E-state index in [0.717, 1.165) is 10.9 Å². The van der Waals surface area contributed by atoms with Gasteiger partial charge in [-0.25, -0.2) is 9.18 Å². The average Bonchev–Trinajstić information content (AvgIpc) is 2.62. The second-order valence-electron chi connectivity index (χ2n) is 5.85. The Bertz CT molecular complexity index is 1010. The van der Waals surface area contributed by atoms with Crippen LogP contribution in [-0.2, 0) is 11.2 Å². The molecule has 1 N–H and O–H groups in total. The van der Waals surface area contributed by atoms with Crippen LogP contribution in [0, 0.1) is 12.7 Å². The van der Waals surface area contributed by atoms with E-state index in [9.17, 15) is 14.0 Å². The van der Waals surface area contributed by atoms with Gasteiger partial charge in [0.1, 0.15) is 17.1 Å². The first-order chi connectivity index (χ1) is 12.5. The lowest BCUT2D eigenvalue weighted by molar-refractivity contribution is -0.118. The van der Waals surface area contributed by atoms with E-state index in [1.807, 2.05) is 13.8 Å². The highest BCUT2D eigenvalue weighted by atomic mass is 19.1. The molecule has 0 saturated heterocycles. The van der Waals surface area contributed by atoms with Crippen molar-refractivity contribution < 1.29 is 18.3 Å². The van der Waals surface area contributed by atoms with E-state index < -0.39 is 0 Å². The minimum absolute atomic E-state index is 0.223. The van der Waals surface area contributed by atoms with Gasteiger partial charge in [0.05, 0.1) is 0 Å². The number of hydrogen-bond donors (Lipinski definition) is 1. The van der Waals surface area contributed by atoms with Crippen molar-refractivity contribution in [2.75, 3.05) is 11.9 Å². The van der Waals surface area contributed by atoms with E-state index in [4.69, 9.17) is 9.15 Å². The number of rotatable bonds is 5. The fraction of sp³-hybridized carbons (Fsp3) is 0.200. The van der Waals surface area contributed by atoms with Gasteiger partial charge in [0.25, 0.3) is 5.91 Å². The Labute approximate surface area is 149 Å². The van der Waals surface area contributed by atoms with Crippen LogP contribution in [0.1, 0.15) is 18.1 Å². The number of nitrogens with one attached hydrogen (secondary N) is 1. The van der Waals surface area contributed by atoms with E-state index in [0.29, 0.717) is 29.0 Å². The number of carbonyl (C=O) groups is 1. The largest absolute Gasteiger partial charge is 0.484 e. The molecule has 3 rings (SSSR count). The van der Waals surface area contributed by atoms with Gasteiger partial charge in [-0.1, -0.05) is 6.92 Å². The Morgan fingerprint density at radius 2 is 1.92 bits per heavy atom. The maximum Gasteiger partial charge on any atom is 0.339 e. The van der Waals surface area contributed by atoms with E-state index in [1.165, 1.54) is 24.3 Å². The van der Waals surface area contributed by atoms with Crippen molar-refractivity contribution in [2.24, 2.45) is 0 Å².